The number of carbonyl (C=O) groups is 1. The SMILES string of the molecule is O=C(O)C1CSC1c1ccc(Br)cc1. The van der Waals surface area contributed by atoms with Gasteiger partial charge in [-0.15, -0.1) is 0 Å². The zero-order valence-corrected chi connectivity index (χ0v) is 9.72. The number of benzene rings is 1. The Morgan fingerprint density at radius 1 is 1.43 bits per heavy atom. The van der Waals surface area contributed by atoms with E-state index in [2.05, 4.69) is 15.9 Å². The van der Waals surface area contributed by atoms with Crippen LogP contribution < -0.4 is 0 Å². The number of carboxylic acids is 1. The second-order valence-corrected chi connectivity index (χ2v) is 5.34. The second-order valence-electron chi connectivity index (χ2n) is 3.25. The molecule has 1 aromatic rings. The molecule has 74 valence electrons. The van der Waals surface area contributed by atoms with Gasteiger partial charge in [0.1, 0.15) is 0 Å². The van der Waals surface area contributed by atoms with Crippen LogP contribution in [0.1, 0.15) is 10.8 Å². The van der Waals surface area contributed by atoms with Gasteiger partial charge in [0.15, 0.2) is 0 Å². The number of halogens is 1. The van der Waals surface area contributed by atoms with E-state index >= 15 is 0 Å². The van der Waals surface area contributed by atoms with Gasteiger partial charge in [0.05, 0.1) is 5.92 Å². The summed E-state index contributed by atoms with van der Waals surface area (Å²) in [5.74, 6) is -0.159. The Morgan fingerprint density at radius 2 is 2.07 bits per heavy atom. The maximum absolute atomic E-state index is 10.8. The maximum atomic E-state index is 10.8. The van der Waals surface area contributed by atoms with Gasteiger partial charge in [-0.25, -0.2) is 0 Å². The minimum Gasteiger partial charge on any atom is -0.481 e. The van der Waals surface area contributed by atoms with E-state index in [1.54, 1.807) is 11.8 Å². The van der Waals surface area contributed by atoms with Crippen LogP contribution >= 0.6 is 27.7 Å². The van der Waals surface area contributed by atoms with Crippen LogP contribution in [0.25, 0.3) is 0 Å². The molecule has 0 bridgehead atoms. The molecule has 1 saturated heterocycles. The molecular weight excluding hydrogens is 264 g/mol. The molecule has 1 N–H and O–H groups in total. The van der Waals surface area contributed by atoms with Crippen molar-refractivity contribution in [1.29, 1.82) is 0 Å². The van der Waals surface area contributed by atoms with Crippen molar-refractivity contribution in [2.24, 2.45) is 5.92 Å². The highest BCUT2D eigenvalue weighted by Gasteiger charge is 2.38. The van der Waals surface area contributed by atoms with Crippen LogP contribution in [-0.4, -0.2) is 16.8 Å². The summed E-state index contributed by atoms with van der Waals surface area (Å²) in [6.07, 6.45) is 0. The van der Waals surface area contributed by atoms with E-state index < -0.39 is 5.97 Å². The lowest BCUT2D eigenvalue weighted by atomic mass is 9.99. The fourth-order valence-electron chi connectivity index (χ4n) is 1.47. The third-order valence-electron chi connectivity index (χ3n) is 2.34. The third-order valence-corrected chi connectivity index (χ3v) is 4.38. The fourth-order valence-corrected chi connectivity index (χ4v) is 2.92. The van der Waals surface area contributed by atoms with Crippen molar-refractivity contribution in [3.05, 3.63) is 34.3 Å². The molecule has 1 heterocycles. The van der Waals surface area contributed by atoms with Crippen molar-refractivity contribution < 1.29 is 9.90 Å². The zero-order chi connectivity index (χ0) is 10.1. The summed E-state index contributed by atoms with van der Waals surface area (Å²) >= 11 is 5.06. The Morgan fingerprint density at radius 3 is 2.50 bits per heavy atom. The first kappa shape index (κ1) is 10.1. The van der Waals surface area contributed by atoms with Gasteiger partial charge in [0, 0.05) is 15.5 Å². The predicted octanol–water partition coefficient (Wildman–Crippen LogP) is 2.94. The van der Waals surface area contributed by atoms with Gasteiger partial charge in [-0.3, -0.25) is 4.79 Å². The molecule has 0 amide bonds. The first-order valence-corrected chi connectivity index (χ1v) is 6.12. The van der Waals surface area contributed by atoms with E-state index in [4.69, 9.17) is 5.11 Å². The lowest BCUT2D eigenvalue weighted by molar-refractivity contribution is -0.141. The summed E-state index contributed by atoms with van der Waals surface area (Å²) in [4.78, 5) is 10.8. The third kappa shape index (κ3) is 1.81. The normalized spacial score (nSPS) is 25.5. The summed E-state index contributed by atoms with van der Waals surface area (Å²) in [6.45, 7) is 0. The van der Waals surface area contributed by atoms with Gasteiger partial charge in [0.25, 0.3) is 0 Å². The van der Waals surface area contributed by atoms with E-state index in [0.29, 0.717) is 0 Å². The van der Waals surface area contributed by atoms with Gasteiger partial charge in [0.2, 0.25) is 0 Å². The number of rotatable bonds is 2. The quantitative estimate of drug-likeness (QED) is 0.900. The molecule has 4 heteroatoms. The molecule has 2 nitrogen and oxygen atoms in total. The van der Waals surface area contributed by atoms with Crippen molar-refractivity contribution in [3.63, 3.8) is 0 Å². The predicted molar refractivity (Wildman–Crippen MR) is 60.5 cm³/mol. The first-order valence-electron chi connectivity index (χ1n) is 4.28. The lowest BCUT2D eigenvalue weighted by Gasteiger charge is -2.33. The molecule has 0 radical (unpaired) electrons. The number of hydrogen-bond acceptors (Lipinski definition) is 2. The average molecular weight is 273 g/mol. The highest BCUT2D eigenvalue weighted by molar-refractivity contribution is 9.10. The van der Waals surface area contributed by atoms with E-state index in [1.807, 2.05) is 24.3 Å². The Bertz CT molecular complexity index is 350. The molecule has 2 rings (SSSR count). The highest BCUT2D eigenvalue weighted by atomic mass is 79.9. The number of aliphatic carboxylic acids is 1. The topological polar surface area (TPSA) is 37.3 Å². The van der Waals surface area contributed by atoms with Gasteiger partial charge >= 0.3 is 5.97 Å². The van der Waals surface area contributed by atoms with Crippen LogP contribution in [0.5, 0.6) is 0 Å². The molecular formula is C10H9BrO2S. The van der Waals surface area contributed by atoms with Crippen molar-refractivity contribution in [1.82, 2.24) is 0 Å². The monoisotopic (exact) mass is 272 g/mol. The van der Waals surface area contributed by atoms with Crippen LogP contribution in [-0.2, 0) is 4.79 Å². The van der Waals surface area contributed by atoms with Crippen molar-refractivity contribution in [2.75, 3.05) is 5.75 Å². The highest BCUT2D eigenvalue weighted by Crippen LogP contribution is 2.47. The molecule has 14 heavy (non-hydrogen) atoms. The van der Waals surface area contributed by atoms with Gasteiger partial charge in [-0.1, -0.05) is 28.1 Å². The smallest absolute Gasteiger partial charge is 0.308 e. The van der Waals surface area contributed by atoms with Crippen molar-refractivity contribution in [3.8, 4) is 0 Å². The number of thioether (sulfide) groups is 1. The van der Waals surface area contributed by atoms with Crippen molar-refractivity contribution in [2.45, 2.75) is 5.25 Å². The van der Waals surface area contributed by atoms with Crippen LogP contribution in [0, 0.1) is 5.92 Å². The number of hydrogen-bond donors (Lipinski definition) is 1. The molecule has 0 saturated carbocycles. The van der Waals surface area contributed by atoms with Crippen LogP contribution in [0.15, 0.2) is 28.7 Å². The summed E-state index contributed by atoms with van der Waals surface area (Å²) in [7, 11) is 0. The molecule has 1 aliphatic rings. The van der Waals surface area contributed by atoms with E-state index in [9.17, 15) is 4.79 Å². The second kappa shape index (κ2) is 3.95. The van der Waals surface area contributed by atoms with Crippen molar-refractivity contribution >= 4 is 33.7 Å². The van der Waals surface area contributed by atoms with Crippen LogP contribution in [0.3, 0.4) is 0 Å². The lowest BCUT2D eigenvalue weighted by Crippen LogP contribution is -2.30. The average Bonchev–Trinajstić information content (AvgIpc) is 2.05. The Labute approximate surface area is 94.8 Å². The molecule has 0 aliphatic carbocycles. The first-order chi connectivity index (χ1) is 6.68. The number of carboxylic acid groups (broad SMARTS) is 1. The van der Waals surface area contributed by atoms with Gasteiger partial charge in [-0.05, 0) is 17.7 Å². The standard InChI is InChI=1S/C10H9BrO2S/c11-7-3-1-6(2-4-7)9-8(5-14-9)10(12)13/h1-4,8-9H,5H2,(H,12,13). The maximum Gasteiger partial charge on any atom is 0.308 e. The summed E-state index contributed by atoms with van der Waals surface area (Å²) < 4.78 is 1.03. The Kier molecular flexibility index (Phi) is 2.83. The molecule has 1 fully saturated rings. The van der Waals surface area contributed by atoms with Gasteiger partial charge < -0.3 is 5.11 Å². The van der Waals surface area contributed by atoms with Crippen LogP contribution in [0.4, 0.5) is 0 Å². The Balaban J connectivity index is 2.16. The summed E-state index contributed by atoms with van der Waals surface area (Å²) in [6, 6.07) is 7.87. The van der Waals surface area contributed by atoms with E-state index in [-0.39, 0.29) is 11.2 Å². The fraction of sp³-hybridized carbons (Fsp3) is 0.300. The van der Waals surface area contributed by atoms with Crippen LogP contribution in [0.2, 0.25) is 0 Å². The molecule has 0 spiro atoms. The minimum absolute atomic E-state index is 0.139. The van der Waals surface area contributed by atoms with E-state index in [0.717, 1.165) is 15.8 Å². The zero-order valence-electron chi connectivity index (χ0n) is 7.31. The summed E-state index contributed by atoms with van der Waals surface area (Å²) in [5, 5.41) is 9.04. The molecule has 2 unspecified atom stereocenters. The molecule has 1 aromatic carbocycles. The van der Waals surface area contributed by atoms with E-state index in [1.165, 1.54) is 0 Å². The minimum atomic E-state index is -0.684. The Hall–Kier alpha value is -0.480. The molecule has 0 aromatic heterocycles. The molecule has 2 atom stereocenters. The largest absolute Gasteiger partial charge is 0.481 e. The summed E-state index contributed by atoms with van der Waals surface area (Å²) in [5.41, 5.74) is 1.11. The molecule has 1 aliphatic heterocycles. The van der Waals surface area contributed by atoms with Gasteiger partial charge in [-0.2, -0.15) is 11.8 Å².